The Labute approximate surface area is 124 Å². The highest BCUT2D eigenvalue weighted by atomic mass is 16.4. The van der Waals surface area contributed by atoms with Crippen LogP contribution in [0.5, 0.6) is 0 Å². The van der Waals surface area contributed by atoms with Crippen molar-refractivity contribution in [1.82, 2.24) is 10.2 Å². The molecule has 1 amide bonds. The van der Waals surface area contributed by atoms with Crippen molar-refractivity contribution in [1.29, 1.82) is 0 Å². The Morgan fingerprint density at radius 2 is 1.86 bits per heavy atom. The van der Waals surface area contributed by atoms with Crippen LogP contribution in [0.25, 0.3) is 0 Å². The van der Waals surface area contributed by atoms with Crippen molar-refractivity contribution < 1.29 is 19.6 Å². The smallest absolute Gasteiger partial charge is 0.251 e. The van der Waals surface area contributed by atoms with Crippen LogP contribution < -0.4 is 15.3 Å². The van der Waals surface area contributed by atoms with E-state index in [4.69, 9.17) is 0 Å². The predicted octanol–water partition coefficient (Wildman–Crippen LogP) is -2.50. The van der Waals surface area contributed by atoms with E-state index < -0.39 is 18.4 Å². The molecule has 0 radical (unpaired) electrons. The molecule has 0 bridgehead atoms. The molecule has 1 aliphatic rings. The van der Waals surface area contributed by atoms with Gasteiger partial charge in [0.1, 0.15) is 0 Å². The average Bonchev–Trinajstić information content (AvgIpc) is 2.48. The summed E-state index contributed by atoms with van der Waals surface area (Å²) in [5.74, 6) is -1.69. The van der Waals surface area contributed by atoms with Gasteiger partial charge in [0.05, 0.1) is 32.7 Å². The Hall–Kier alpha value is -1.92. The largest absolute Gasteiger partial charge is 0.548 e. The highest BCUT2D eigenvalue weighted by Crippen LogP contribution is 2.08. The summed E-state index contributed by atoms with van der Waals surface area (Å²) in [6.45, 7) is 4.89. The zero-order valence-electron chi connectivity index (χ0n) is 12.2. The van der Waals surface area contributed by atoms with E-state index in [2.05, 4.69) is 17.3 Å². The highest BCUT2D eigenvalue weighted by Gasteiger charge is 2.16. The maximum Gasteiger partial charge on any atom is 0.251 e. The zero-order valence-corrected chi connectivity index (χ0v) is 12.2. The van der Waals surface area contributed by atoms with Crippen LogP contribution in [0.4, 0.5) is 0 Å². The van der Waals surface area contributed by atoms with Crippen LogP contribution in [0.3, 0.4) is 0 Å². The standard InChI is InChI=1S/C15H21N3O3/c1-17-6-8-18(9-7-17)11-12-2-4-13(5-3-12)15(21)16-10-14(19)20/h2-5H,6-11H2,1H3,(H,16,21)(H,19,20). The molecule has 1 fully saturated rings. The van der Waals surface area contributed by atoms with Crippen LogP contribution in [-0.2, 0) is 11.3 Å². The number of carboxylic acid groups (broad SMARTS) is 1. The van der Waals surface area contributed by atoms with E-state index in [1.807, 2.05) is 12.1 Å². The lowest BCUT2D eigenvalue weighted by Crippen LogP contribution is -3.11. The number of amides is 1. The van der Waals surface area contributed by atoms with Crippen LogP contribution in [0.2, 0.25) is 0 Å². The van der Waals surface area contributed by atoms with Crippen LogP contribution in [0, 0.1) is 0 Å². The lowest BCUT2D eigenvalue weighted by atomic mass is 10.1. The maximum atomic E-state index is 11.7. The van der Waals surface area contributed by atoms with Crippen molar-refractivity contribution in [3.05, 3.63) is 35.4 Å². The Bertz CT molecular complexity index is 493. The molecule has 0 saturated carbocycles. The van der Waals surface area contributed by atoms with E-state index in [9.17, 15) is 14.7 Å². The molecule has 1 heterocycles. The summed E-state index contributed by atoms with van der Waals surface area (Å²) in [5, 5.41) is 12.6. The second-order valence-electron chi connectivity index (χ2n) is 5.48. The second-order valence-corrected chi connectivity index (χ2v) is 5.48. The average molecular weight is 291 g/mol. The third-order valence-electron chi connectivity index (χ3n) is 3.73. The van der Waals surface area contributed by atoms with E-state index in [1.165, 1.54) is 0 Å². The summed E-state index contributed by atoms with van der Waals surface area (Å²) in [6.07, 6.45) is 0. The molecule has 6 heteroatoms. The van der Waals surface area contributed by atoms with Crippen molar-refractivity contribution in [2.75, 3.05) is 39.8 Å². The summed E-state index contributed by atoms with van der Waals surface area (Å²) in [5.41, 5.74) is 1.62. The van der Waals surface area contributed by atoms with Gasteiger partial charge in [-0.2, -0.15) is 0 Å². The van der Waals surface area contributed by atoms with Crippen LogP contribution in [-0.4, -0.2) is 56.5 Å². The van der Waals surface area contributed by atoms with Crippen LogP contribution in [0.1, 0.15) is 15.9 Å². The number of nitrogens with one attached hydrogen (secondary N) is 2. The molecular formula is C15H21N3O3. The summed E-state index contributed by atoms with van der Waals surface area (Å²) < 4.78 is 0. The van der Waals surface area contributed by atoms with Gasteiger partial charge in [-0.3, -0.25) is 9.69 Å². The van der Waals surface area contributed by atoms with E-state index in [0.717, 1.165) is 38.3 Å². The van der Waals surface area contributed by atoms with Gasteiger partial charge in [-0.15, -0.1) is 0 Å². The number of hydrogen-bond donors (Lipinski definition) is 2. The fraction of sp³-hybridized carbons (Fsp3) is 0.467. The third-order valence-corrected chi connectivity index (χ3v) is 3.73. The predicted molar refractivity (Wildman–Crippen MR) is 75.7 cm³/mol. The summed E-state index contributed by atoms with van der Waals surface area (Å²) in [4.78, 5) is 25.9. The molecule has 1 saturated heterocycles. The molecule has 0 aromatic heterocycles. The maximum absolute atomic E-state index is 11.7. The number of benzene rings is 1. The SMILES string of the molecule is C[NH+]1CCN(Cc2ccc(C(=O)NCC(=O)[O-])cc2)CC1. The number of hydrogen-bond acceptors (Lipinski definition) is 4. The number of rotatable bonds is 5. The van der Waals surface area contributed by atoms with Crippen molar-refractivity contribution in [2.24, 2.45) is 0 Å². The van der Waals surface area contributed by atoms with Gasteiger partial charge in [0, 0.05) is 25.2 Å². The molecule has 6 nitrogen and oxygen atoms in total. The first kappa shape index (κ1) is 15.5. The molecule has 114 valence electrons. The molecule has 21 heavy (non-hydrogen) atoms. The Kier molecular flexibility index (Phi) is 5.30. The number of aliphatic carboxylic acids is 1. The van der Waals surface area contributed by atoms with E-state index in [0.29, 0.717) is 5.56 Å². The number of quaternary nitrogens is 1. The molecule has 2 N–H and O–H groups in total. The molecule has 0 aliphatic carbocycles. The van der Waals surface area contributed by atoms with Crippen molar-refractivity contribution in [2.45, 2.75) is 6.54 Å². The fourth-order valence-corrected chi connectivity index (χ4v) is 2.37. The zero-order chi connectivity index (χ0) is 15.2. The quantitative estimate of drug-likeness (QED) is 0.629. The van der Waals surface area contributed by atoms with Gasteiger partial charge in [-0.25, -0.2) is 0 Å². The van der Waals surface area contributed by atoms with Gasteiger partial charge in [0.2, 0.25) is 0 Å². The fourth-order valence-electron chi connectivity index (χ4n) is 2.37. The van der Waals surface area contributed by atoms with Crippen molar-refractivity contribution in [3.63, 3.8) is 0 Å². The number of likely N-dealkylation sites (N-methyl/N-ethyl adjacent to an activating group) is 1. The molecular weight excluding hydrogens is 270 g/mol. The first-order chi connectivity index (χ1) is 10.0. The van der Waals surface area contributed by atoms with Crippen LogP contribution >= 0.6 is 0 Å². The Morgan fingerprint density at radius 3 is 2.43 bits per heavy atom. The molecule has 1 aliphatic heterocycles. The second kappa shape index (κ2) is 7.19. The lowest BCUT2D eigenvalue weighted by Gasteiger charge is -2.29. The Balaban J connectivity index is 1.86. The first-order valence-electron chi connectivity index (χ1n) is 7.15. The van der Waals surface area contributed by atoms with Gasteiger partial charge in [0.25, 0.3) is 5.91 Å². The molecule has 1 aromatic carbocycles. The highest BCUT2D eigenvalue weighted by molar-refractivity contribution is 5.95. The number of carbonyl (C=O) groups excluding carboxylic acids is 2. The minimum absolute atomic E-state index is 0.394. The van der Waals surface area contributed by atoms with Gasteiger partial charge in [0.15, 0.2) is 0 Å². The molecule has 0 spiro atoms. The topological polar surface area (TPSA) is 76.9 Å². The van der Waals surface area contributed by atoms with Gasteiger partial charge in [-0.05, 0) is 17.7 Å². The van der Waals surface area contributed by atoms with E-state index in [-0.39, 0.29) is 0 Å². The number of carboxylic acids is 1. The molecule has 0 atom stereocenters. The molecule has 0 unspecified atom stereocenters. The minimum atomic E-state index is -1.29. The summed E-state index contributed by atoms with van der Waals surface area (Å²) >= 11 is 0. The van der Waals surface area contributed by atoms with Crippen LogP contribution in [0.15, 0.2) is 24.3 Å². The monoisotopic (exact) mass is 291 g/mol. The van der Waals surface area contributed by atoms with E-state index >= 15 is 0 Å². The Morgan fingerprint density at radius 1 is 1.24 bits per heavy atom. The van der Waals surface area contributed by atoms with Gasteiger partial charge < -0.3 is 20.1 Å². The number of nitrogens with zero attached hydrogens (tertiary/aromatic N) is 1. The van der Waals surface area contributed by atoms with E-state index in [1.54, 1.807) is 17.0 Å². The molecule has 2 rings (SSSR count). The van der Waals surface area contributed by atoms with Crippen molar-refractivity contribution >= 4 is 11.9 Å². The first-order valence-corrected chi connectivity index (χ1v) is 7.15. The third kappa shape index (κ3) is 4.84. The summed E-state index contributed by atoms with van der Waals surface area (Å²) in [6, 6.07) is 7.28. The van der Waals surface area contributed by atoms with Gasteiger partial charge in [-0.1, -0.05) is 12.1 Å². The lowest BCUT2D eigenvalue weighted by molar-refractivity contribution is -0.884. The summed E-state index contributed by atoms with van der Waals surface area (Å²) in [7, 11) is 2.21. The van der Waals surface area contributed by atoms with Gasteiger partial charge >= 0.3 is 0 Å². The minimum Gasteiger partial charge on any atom is -0.548 e. The number of carbonyl (C=O) groups is 2. The normalized spacial score (nSPS) is 16.6. The molecule has 1 aromatic rings. The number of piperazine rings is 1. The van der Waals surface area contributed by atoms with Crippen molar-refractivity contribution in [3.8, 4) is 0 Å².